The molecule has 0 aliphatic heterocycles. The fraction of sp³-hybridized carbons (Fsp3) is 0.931. The Morgan fingerprint density at radius 3 is 2.43 bits per heavy atom. The average molecular weight is 491 g/mol. The van der Waals surface area contributed by atoms with Gasteiger partial charge in [-0.25, -0.2) is 5.48 Å². The zero-order valence-corrected chi connectivity index (χ0v) is 22.2. The van der Waals surface area contributed by atoms with Crippen molar-refractivity contribution in [2.24, 2.45) is 40.4 Å². The predicted octanol–water partition coefficient (Wildman–Crippen LogP) is 5.36. The van der Waals surface area contributed by atoms with Gasteiger partial charge in [0.2, 0.25) is 11.8 Å². The molecule has 7 unspecified atom stereocenters. The molecular formula is C29H50N2O4. The SMILES string of the molecule is CC12CCCCC1CC(O)C1C2CC[C@]2(C)C(CCCC(=O)NCCCCCC(=O)NO)CCC12. The zero-order valence-electron chi connectivity index (χ0n) is 22.2. The number of hydroxylamine groups is 1. The van der Waals surface area contributed by atoms with Crippen LogP contribution in [-0.4, -0.2) is 34.8 Å². The summed E-state index contributed by atoms with van der Waals surface area (Å²) >= 11 is 0. The van der Waals surface area contributed by atoms with Crippen LogP contribution in [0, 0.1) is 40.4 Å². The largest absolute Gasteiger partial charge is 0.393 e. The summed E-state index contributed by atoms with van der Waals surface area (Å²) in [5.41, 5.74) is 2.43. The second-order valence-electron chi connectivity index (χ2n) is 12.9. The van der Waals surface area contributed by atoms with Crippen LogP contribution < -0.4 is 10.8 Å². The second-order valence-corrected chi connectivity index (χ2v) is 12.9. The Balaban J connectivity index is 1.22. The summed E-state index contributed by atoms with van der Waals surface area (Å²) in [6.07, 6.45) is 16.9. The van der Waals surface area contributed by atoms with E-state index in [1.54, 1.807) is 5.48 Å². The lowest BCUT2D eigenvalue weighted by Gasteiger charge is -2.62. The molecule has 0 radical (unpaired) electrons. The van der Waals surface area contributed by atoms with Crippen LogP contribution >= 0.6 is 0 Å². The number of carbonyl (C=O) groups excluding carboxylic acids is 2. The Morgan fingerprint density at radius 1 is 0.857 bits per heavy atom. The summed E-state index contributed by atoms with van der Waals surface area (Å²) in [7, 11) is 0. The maximum absolute atomic E-state index is 12.3. The number of amides is 2. The molecule has 8 atom stereocenters. The highest BCUT2D eigenvalue weighted by atomic mass is 16.5. The summed E-state index contributed by atoms with van der Waals surface area (Å²) in [4.78, 5) is 23.3. The van der Waals surface area contributed by atoms with Gasteiger partial charge in [0, 0.05) is 19.4 Å². The summed E-state index contributed by atoms with van der Waals surface area (Å²) in [6, 6.07) is 0. The van der Waals surface area contributed by atoms with E-state index in [1.165, 1.54) is 51.4 Å². The highest BCUT2D eigenvalue weighted by Crippen LogP contribution is 2.67. The molecule has 0 saturated heterocycles. The molecule has 0 aromatic rings. The third-order valence-electron chi connectivity index (χ3n) is 11.3. The van der Waals surface area contributed by atoms with Crippen LogP contribution in [0.5, 0.6) is 0 Å². The molecule has 6 nitrogen and oxygen atoms in total. The quantitative estimate of drug-likeness (QED) is 0.188. The van der Waals surface area contributed by atoms with Crippen LogP contribution in [0.2, 0.25) is 0 Å². The second kappa shape index (κ2) is 11.5. The molecule has 6 heteroatoms. The van der Waals surface area contributed by atoms with Crippen molar-refractivity contribution in [3.05, 3.63) is 0 Å². The smallest absolute Gasteiger partial charge is 0.243 e. The van der Waals surface area contributed by atoms with Gasteiger partial charge in [-0.1, -0.05) is 33.1 Å². The molecule has 0 bridgehead atoms. The van der Waals surface area contributed by atoms with Gasteiger partial charge in [-0.15, -0.1) is 0 Å². The average Bonchev–Trinajstić information content (AvgIpc) is 3.17. The van der Waals surface area contributed by atoms with Gasteiger partial charge in [-0.2, -0.15) is 0 Å². The van der Waals surface area contributed by atoms with Crippen molar-refractivity contribution in [2.75, 3.05) is 6.54 Å². The minimum Gasteiger partial charge on any atom is -0.393 e. The highest BCUT2D eigenvalue weighted by molar-refractivity contribution is 5.75. The Hall–Kier alpha value is -1.14. The molecule has 4 saturated carbocycles. The molecule has 4 N–H and O–H groups in total. The predicted molar refractivity (Wildman–Crippen MR) is 136 cm³/mol. The molecule has 2 amide bonds. The van der Waals surface area contributed by atoms with E-state index < -0.39 is 0 Å². The van der Waals surface area contributed by atoms with Crippen molar-refractivity contribution in [1.29, 1.82) is 0 Å². The third kappa shape index (κ3) is 5.58. The van der Waals surface area contributed by atoms with Gasteiger partial charge in [-0.05, 0) is 111 Å². The summed E-state index contributed by atoms with van der Waals surface area (Å²) in [6.45, 7) is 5.74. The molecule has 4 fully saturated rings. The van der Waals surface area contributed by atoms with E-state index in [1.807, 2.05) is 0 Å². The van der Waals surface area contributed by atoms with Crippen LogP contribution in [0.3, 0.4) is 0 Å². The minimum absolute atomic E-state index is 0.108. The number of nitrogens with one attached hydrogen (secondary N) is 2. The summed E-state index contributed by atoms with van der Waals surface area (Å²) < 4.78 is 0. The van der Waals surface area contributed by atoms with Crippen LogP contribution in [0.25, 0.3) is 0 Å². The standard InChI is InChI=1S/C29H50N2O4/c1-28-16-6-5-9-21(28)19-24(32)27-22-14-13-20(29(22,2)17-15-23(27)28)10-8-12-25(33)30-18-7-3-4-11-26(34)31-35/h20-24,27,32,35H,3-19H2,1-2H3,(H,30,33)(H,31,34)/t20?,21?,22?,23?,24?,27?,28?,29-/m1/s1. The van der Waals surface area contributed by atoms with Gasteiger partial charge in [0.1, 0.15) is 0 Å². The summed E-state index contributed by atoms with van der Waals surface area (Å²) in [5.74, 6) is 3.05. The first-order chi connectivity index (χ1) is 16.8. The van der Waals surface area contributed by atoms with E-state index >= 15 is 0 Å². The van der Waals surface area contributed by atoms with E-state index in [-0.39, 0.29) is 17.9 Å². The van der Waals surface area contributed by atoms with Gasteiger partial charge in [0.05, 0.1) is 6.10 Å². The molecule has 4 aliphatic carbocycles. The number of rotatable bonds is 10. The molecule has 0 aromatic heterocycles. The van der Waals surface area contributed by atoms with E-state index in [2.05, 4.69) is 19.2 Å². The monoisotopic (exact) mass is 490 g/mol. The maximum Gasteiger partial charge on any atom is 0.243 e. The first-order valence-electron chi connectivity index (χ1n) is 14.7. The van der Waals surface area contributed by atoms with Crippen molar-refractivity contribution in [3.63, 3.8) is 0 Å². The topological polar surface area (TPSA) is 98.7 Å². The minimum atomic E-state index is -0.351. The Kier molecular flexibility index (Phi) is 8.84. The van der Waals surface area contributed by atoms with Gasteiger partial charge >= 0.3 is 0 Å². The molecule has 200 valence electrons. The lowest BCUT2D eigenvalue weighted by molar-refractivity contribution is -0.162. The molecule has 0 aromatic carbocycles. The normalized spacial score (nSPS) is 40.3. The number of hydrogen-bond acceptors (Lipinski definition) is 4. The first-order valence-corrected chi connectivity index (χ1v) is 14.7. The van der Waals surface area contributed by atoms with Crippen LogP contribution in [0.15, 0.2) is 0 Å². The van der Waals surface area contributed by atoms with Crippen LogP contribution in [0.4, 0.5) is 0 Å². The van der Waals surface area contributed by atoms with E-state index in [0.717, 1.165) is 44.4 Å². The van der Waals surface area contributed by atoms with Crippen LogP contribution in [-0.2, 0) is 9.59 Å². The Labute approximate surface area is 212 Å². The molecule has 0 heterocycles. The van der Waals surface area contributed by atoms with E-state index in [9.17, 15) is 14.7 Å². The molecule has 4 aliphatic rings. The molecular weight excluding hydrogens is 440 g/mol. The number of aliphatic hydroxyl groups excluding tert-OH is 1. The molecule has 35 heavy (non-hydrogen) atoms. The first kappa shape index (κ1) is 26.9. The van der Waals surface area contributed by atoms with Crippen LogP contribution in [0.1, 0.15) is 117 Å². The highest BCUT2D eigenvalue weighted by Gasteiger charge is 2.61. The Morgan fingerprint density at radius 2 is 1.63 bits per heavy atom. The summed E-state index contributed by atoms with van der Waals surface area (Å²) in [5, 5.41) is 22.9. The zero-order chi connectivity index (χ0) is 25.1. The molecule has 4 rings (SSSR count). The number of unbranched alkanes of at least 4 members (excludes halogenated alkanes) is 2. The third-order valence-corrected chi connectivity index (χ3v) is 11.3. The number of hydrogen-bond donors (Lipinski definition) is 4. The number of carbonyl (C=O) groups is 2. The van der Waals surface area contributed by atoms with Crippen molar-refractivity contribution in [2.45, 2.75) is 123 Å². The fourth-order valence-electron chi connectivity index (χ4n) is 9.31. The fourth-order valence-corrected chi connectivity index (χ4v) is 9.31. The van der Waals surface area contributed by atoms with Gasteiger partial charge < -0.3 is 10.4 Å². The lowest BCUT2D eigenvalue weighted by atomic mass is 9.44. The van der Waals surface area contributed by atoms with Crippen molar-refractivity contribution in [1.82, 2.24) is 10.8 Å². The number of aliphatic hydroxyl groups is 1. The van der Waals surface area contributed by atoms with Gasteiger partial charge in [0.15, 0.2) is 0 Å². The van der Waals surface area contributed by atoms with E-state index in [4.69, 9.17) is 5.21 Å². The van der Waals surface area contributed by atoms with Crippen molar-refractivity contribution >= 4 is 11.8 Å². The lowest BCUT2D eigenvalue weighted by Crippen LogP contribution is -2.57. The van der Waals surface area contributed by atoms with Gasteiger partial charge in [-0.3, -0.25) is 14.8 Å². The van der Waals surface area contributed by atoms with Crippen molar-refractivity contribution in [3.8, 4) is 0 Å². The van der Waals surface area contributed by atoms with Crippen molar-refractivity contribution < 1.29 is 19.9 Å². The Bertz CT molecular complexity index is 744. The van der Waals surface area contributed by atoms with Gasteiger partial charge in [0.25, 0.3) is 0 Å². The number of fused-ring (bicyclic) bond motifs is 5. The van der Waals surface area contributed by atoms with E-state index in [0.29, 0.717) is 53.9 Å². The maximum atomic E-state index is 12.3. The molecule has 0 spiro atoms.